The van der Waals surface area contributed by atoms with Crippen LogP contribution in [0.3, 0.4) is 0 Å². The Hall–Kier alpha value is -1.19. The van der Waals surface area contributed by atoms with Gasteiger partial charge in [-0.2, -0.15) is 9.97 Å². The maximum absolute atomic E-state index is 5.62. The molecule has 0 bridgehead atoms. The molecule has 0 saturated heterocycles. The third-order valence-electron chi connectivity index (χ3n) is 2.39. The largest absolute Gasteiger partial charge is 0.368 e. The van der Waals surface area contributed by atoms with Crippen LogP contribution in [-0.2, 0) is 12.8 Å². The van der Waals surface area contributed by atoms with Gasteiger partial charge in [0.15, 0.2) is 0 Å². The van der Waals surface area contributed by atoms with Crippen LogP contribution in [0.2, 0.25) is 0 Å². The van der Waals surface area contributed by atoms with Gasteiger partial charge in [-0.25, -0.2) is 4.98 Å². The van der Waals surface area contributed by atoms with E-state index in [-0.39, 0.29) is 0 Å². The fourth-order valence-electron chi connectivity index (χ4n) is 1.50. The number of rotatable bonds is 4. The maximum Gasteiger partial charge on any atom is 0.223 e. The van der Waals surface area contributed by atoms with Crippen molar-refractivity contribution in [2.24, 2.45) is 5.92 Å². The minimum Gasteiger partial charge on any atom is -0.368 e. The summed E-state index contributed by atoms with van der Waals surface area (Å²) in [7, 11) is 0. The maximum atomic E-state index is 5.62. The summed E-state index contributed by atoms with van der Waals surface area (Å²) in [6.45, 7) is 2.11. The predicted octanol–water partition coefficient (Wildman–Crippen LogP) is 1.36. The van der Waals surface area contributed by atoms with Crippen LogP contribution in [0, 0.1) is 5.92 Å². The predicted molar refractivity (Wildman–Crippen MR) is 54.7 cm³/mol. The highest BCUT2D eigenvalue weighted by molar-refractivity contribution is 5.16. The van der Waals surface area contributed by atoms with Crippen LogP contribution in [0.15, 0.2) is 0 Å². The van der Waals surface area contributed by atoms with Crippen molar-refractivity contribution in [1.82, 2.24) is 15.0 Å². The summed E-state index contributed by atoms with van der Waals surface area (Å²) >= 11 is 0. The molecule has 2 rings (SSSR count). The van der Waals surface area contributed by atoms with Crippen LogP contribution in [0.25, 0.3) is 0 Å². The van der Waals surface area contributed by atoms with Gasteiger partial charge in [0.1, 0.15) is 11.6 Å². The number of hydrogen-bond acceptors (Lipinski definition) is 4. The minimum absolute atomic E-state index is 0.374. The molecular weight excluding hydrogens is 176 g/mol. The molecule has 0 unspecified atom stereocenters. The molecule has 1 heterocycles. The molecule has 1 aromatic rings. The Labute approximate surface area is 84.0 Å². The molecule has 0 radical (unpaired) electrons. The SMILES string of the molecule is CCCc1nc(N)nc(CC2CC2)n1. The molecule has 0 spiro atoms. The van der Waals surface area contributed by atoms with Crippen LogP contribution < -0.4 is 5.73 Å². The molecule has 0 atom stereocenters. The fourth-order valence-corrected chi connectivity index (χ4v) is 1.50. The molecule has 76 valence electrons. The molecule has 1 saturated carbocycles. The van der Waals surface area contributed by atoms with E-state index in [1.807, 2.05) is 0 Å². The van der Waals surface area contributed by atoms with E-state index in [4.69, 9.17) is 5.73 Å². The minimum atomic E-state index is 0.374. The van der Waals surface area contributed by atoms with Crippen molar-refractivity contribution >= 4 is 5.95 Å². The quantitative estimate of drug-likeness (QED) is 0.782. The summed E-state index contributed by atoms with van der Waals surface area (Å²) in [5.74, 6) is 2.89. The van der Waals surface area contributed by atoms with E-state index < -0.39 is 0 Å². The molecule has 14 heavy (non-hydrogen) atoms. The molecule has 1 aliphatic rings. The third kappa shape index (κ3) is 2.40. The first-order valence-corrected chi connectivity index (χ1v) is 5.27. The second-order valence-electron chi connectivity index (χ2n) is 3.92. The lowest BCUT2D eigenvalue weighted by Crippen LogP contribution is -2.07. The first-order valence-electron chi connectivity index (χ1n) is 5.27. The summed E-state index contributed by atoms with van der Waals surface area (Å²) in [6, 6.07) is 0. The standard InChI is InChI=1S/C10H16N4/c1-2-3-8-12-9(6-7-4-5-7)14-10(11)13-8/h7H,2-6H2,1H3,(H2,11,12,13,14). The van der Waals surface area contributed by atoms with Gasteiger partial charge in [-0.05, 0) is 25.2 Å². The second kappa shape index (κ2) is 3.90. The topological polar surface area (TPSA) is 64.7 Å². The zero-order valence-corrected chi connectivity index (χ0v) is 8.53. The Kier molecular flexibility index (Phi) is 2.61. The molecule has 4 nitrogen and oxygen atoms in total. The molecule has 1 aromatic heterocycles. The molecule has 0 aliphatic heterocycles. The number of nitrogen functional groups attached to an aromatic ring is 1. The van der Waals surface area contributed by atoms with Crippen molar-refractivity contribution in [2.45, 2.75) is 39.0 Å². The van der Waals surface area contributed by atoms with E-state index in [0.29, 0.717) is 5.95 Å². The van der Waals surface area contributed by atoms with Crippen LogP contribution in [0.4, 0.5) is 5.95 Å². The Morgan fingerprint density at radius 1 is 1.21 bits per heavy atom. The lowest BCUT2D eigenvalue weighted by molar-refractivity contribution is 0.728. The van der Waals surface area contributed by atoms with Crippen LogP contribution in [0.1, 0.15) is 37.8 Å². The van der Waals surface area contributed by atoms with E-state index in [1.54, 1.807) is 0 Å². The summed E-state index contributed by atoms with van der Waals surface area (Å²) < 4.78 is 0. The van der Waals surface area contributed by atoms with Gasteiger partial charge >= 0.3 is 0 Å². The fraction of sp³-hybridized carbons (Fsp3) is 0.700. The first kappa shape index (κ1) is 9.37. The zero-order valence-electron chi connectivity index (χ0n) is 8.53. The monoisotopic (exact) mass is 192 g/mol. The van der Waals surface area contributed by atoms with Gasteiger partial charge < -0.3 is 5.73 Å². The van der Waals surface area contributed by atoms with Gasteiger partial charge in [-0.15, -0.1) is 0 Å². The smallest absolute Gasteiger partial charge is 0.223 e. The van der Waals surface area contributed by atoms with Crippen molar-refractivity contribution in [3.63, 3.8) is 0 Å². The van der Waals surface area contributed by atoms with Gasteiger partial charge in [-0.1, -0.05) is 6.92 Å². The highest BCUT2D eigenvalue weighted by Gasteiger charge is 2.23. The molecule has 4 heteroatoms. The average Bonchev–Trinajstić information content (AvgIpc) is 2.87. The van der Waals surface area contributed by atoms with Gasteiger partial charge in [0, 0.05) is 12.8 Å². The zero-order chi connectivity index (χ0) is 9.97. The van der Waals surface area contributed by atoms with Gasteiger partial charge in [0.2, 0.25) is 5.95 Å². The molecule has 1 fully saturated rings. The van der Waals surface area contributed by atoms with Crippen molar-refractivity contribution in [3.05, 3.63) is 11.6 Å². The van der Waals surface area contributed by atoms with Crippen molar-refractivity contribution in [1.29, 1.82) is 0 Å². The summed E-state index contributed by atoms with van der Waals surface area (Å²) in [5, 5.41) is 0. The van der Waals surface area contributed by atoms with Crippen molar-refractivity contribution in [3.8, 4) is 0 Å². The number of nitrogens with two attached hydrogens (primary N) is 1. The normalized spacial score (nSPS) is 15.8. The summed E-state index contributed by atoms with van der Waals surface area (Å²) in [5.41, 5.74) is 5.62. The first-order chi connectivity index (χ1) is 6.78. The second-order valence-corrected chi connectivity index (χ2v) is 3.92. The van der Waals surface area contributed by atoms with Crippen molar-refractivity contribution < 1.29 is 0 Å². The molecule has 1 aliphatic carbocycles. The van der Waals surface area contributed by atoms with E-state index in [9.17, 15) is 0 Å². The molecule has 0 amide bonds. The Bertz CT molecular complexity index is 320. The molecule has 2 N–H and O–H groups in total. The Morgan fingerprint density at radius 3 is 2.57 bits per heavy atom. The van der Waals surface area contributed by atoms with Crippen LogP contribution in [0.5, 0.6) is 0 Å². The Balaban J connectivity index is 2.12. The number of hydrogen-bond donors (Lipinski definition) is 1. The molecular formula is C10H16N4. The summed E-state index contributed by atoms with van der Waals surface area (Å²) in [4.78, 5) is 12.7. The number of aromatic nitrogens is 3. The lowest BCUT2D eigenvalue weighted by Gasteiger charge is -2.02. The Morgan fingerprint density at radius 2 is 1.93 bits per heavy atom. The third-order valence-corrected chi connectivity index (χ3v) is 2.39. The van der Waals surface area contributed by atoms with Crippen LogP contribution >= 0.6 is 0 Å². The number of aryl methyl sites for hydroxylation is 1. The van der Waals surface area contributed by atoms with Crippen molar-refractivity contribution in [2.75, 3.05) is 5.73 Å². The van der Waals surface area contributed by atoms with Crippen LogP contribution in [-0.4, -0.2) is 15.0 Å². The summed E-state index contributed by atoms with van der Waals surface area (Å²) in [6.07, 6.45) is 5.55. The highest BCUT2D eigenvalue weighted by atomic mass is 15.1. The number of nitrogens with zero attached hydrogens (tertiary/aromatic N) is 3. The van der Waals surface area contributed by atoms with Gasteiger partial charge in [0.05, 0.1) is 0 Å². The van der Waals surface area contributed by atoms with Gasteiger partial charge in [-0.3, -0.25) is 0 Å². The van der Waals surface area contributed by atoms with Gasteiger partial charge in [0.25, 0.3) is 0 Å². The number of anilines is 1. The van der Waals surface area contributed by atoms with E-state index in [0.717, 1.165) is 36.8 Å². The van der Waals surface area contributed by atoms with E-state index in [2.05, 4.69) is 21.9 Å². The average molecular weight is 192 g/mol. The van der Waals surface area contributed by atoms with E-state index >= 15 is 0 Å². The van der Waals surface area contributed by atoms with E-state index in [1.165, 1.54) is 12.8 Å². The highest BCUT2D eigenvalue weighted by Crippen LogP contribution is 2.31. The lowest BCUT2D eigenvalue weighted by atomic mass is 10.2. The molecule has 0 aromatic carbocycles.